The van der Waals surface area contributed by atoms with Crippen LogP contribution in [0.4, 0.5) is 5.69 Å². The van der Waals surface area contributed by atoms with E-state index in [4.69, 9.17) is 14.2 Å². The number of anilines is 1. The number of ether oxygens (including phenoxy) is 3. The van der Waals surface area contributed by atoms with Crippen molar-refractivity contribution in [1.82, 2.24) is 0 Å². The van der Waals surface area contributed by atoms with Crippen LogP contribution in [0.2, 0.25) is 0 Å². The largest absolute Gasteiger partial charge is 0.497 e. The Morgan fingerprint density at radius 2 is 1.41 bits per heavy atom. The van der Waals surface area contributed by atoms with E-state index in [1.807, 2.05) is 0 Å². The number of hydrogen-bond acceptors (Lipinski definition) is 5. The van der Waals surface area contributed by atoms with Gasteiger partial charge in [-0.05, 0) is 48.5 Å². The SMILES string of the molecule is COc1ccc(Oc2cc(NS(=O)(=O)c3ccccc3)ccc2OC)cc1. The minimum Gasteiger partial charge on any atom is -0.497 e. The minimum atomic E-state index is -3.69. The summed E-state index contributed by atoms with van der Waals surface area (Å²) in [5.74, 6) is 2.14. The molecule has 0 aliphatic carbocycles. The molecule has 0 fully saturated rings. The summed E-state index contributed by atoms with van der Waals surface area (Å²) in [7, 11) is -0.592. The van der Waals surface area contributed by atoms with E-state index in [9.17, 15) is 8.42 Å². The van der Waals surface area contributed by atoms with Crippen molar-refractivity contribution >= 4 is 15.7 Å². The highest BCUT2D eigenvalue weighted by atomic mass is 32.2. The van der Waals surface area contributed by atoms with E-state index >= 15 is 0 Å². The lowest BCUT2D eigenvalue weighted by molar-refractivity contribution is 0.378. The normalized spacial score (nSPS) is 10.9. The van der Waals surface area contributed by atoms with E-state index in [0.717, 1.165) is 0 Å². The highest BCUT2D eigenvalue weighted by Gasteiger charge is 2.15. The topological polar surface area (TPSA) is 73.9 Å². The Labute approximate surface area is 158 Å². The molecule has 0 spiro atoms. The van der Waals surface area contributed by atoms with Crippen LogP contribution in [-0.2, 0) is 10.0 Å². The van der Waals surface area contributed by atoms with Crippen molar-refractivity contribution in [3.63, 3.8) is 0 Å². The number of sulfonamides is 1. The van der Waals surface area contributed by atoms with Crippen molar-refractivity contribution in [1.29, 1.82) is 0 Å². The summed E-state index contributed by atoms with van der Waals surface area (Å²) in [6.45, 7) is 0. The molecule has 3 aromatic carbocycles. The molecule has 0 saturated carbocycles. The van der Waals surface area contributed by atoms with Crippen LogP contribution in [0.15, 0.2) is 77.7 Å². The zero-order chi connectivity index (χ0) is 19.3. The lowest BCUT2D eigenvalue weighted by Crippen LogP contribution is -2.12. The van der Waals surface area contributed by atoms with Gasteiger partial charge in [-0.25, -0.2) is 8.42 Å². The van der Waals surface area contributed by atoms with Gasteiger partial charge in [-0.2, -0.15) is 0 Å². The fourth-order valence-electron chi connectivity index (χ4n) is 2.40. The van der Waals surface area contributed by atoms with Gasteiger partial charge in [0.05, 0.1) is 24.8 Å². The van der Waals surface area contributed by atoms with Gasteiger partial charge in [0, 0.05) is 6.07 Å². The van der Waals surface area contributed by atoms with E-state index < -0.39 is 10.0 Å². The van der Waals surface area contributed by atoms with E-state index in [2.05, 4.69) is 4.72 Å². The van der Waals surface area contributed by atoms with Crippen LogP contribution in [0.3, 0.4) is 0 Å². The Kier molecular flexibility index (Phi) is 5.52. The number of methoxy groups -OCH3 is 2. The molecule has 0 radical (unpaired) electrons. The summed E-state index contributed by atoms with van der Waals surface area (Å²) in [5, 5.41) is 0. The summed E-state index contributed by atoms with van der Waals surface area (Å²) in [4.78, 5) is 0.179. The molecule has 0 bridgehead atoms. The summed E-state index contributed by atoms with van der Waals surface area (Å²) >= 11 is 0. The van der Waals surface area contributed by atoms with Crippen LogP contribution < -0.4 is 18.9 Å². The Morgan fingerprint density at radius 1 is 0.741 bits per heavy atom. The Hall–Kier alpha value is -3.19. The highest BCUT2D eigenvalue weighted by Crippen LogP contribution is 2.35. The van der Waals surface area contributed by atoms with Crippen molar-refractivity contribution in [3.8, 4) is 23.0 Å². The van der Waals surface area contributed by atoms with Crippen LogP contribution in [0.1, 0.15) is 0 Å². The average Bonchev–Trinajstić information content (AvgIpc) is 2.69. The molecule has 0 aliphatic rings. The molecule has 6 nitrogen and oxygen atoms in total. The van der Waals surface area contributed by atoms with Crippen molar-refractivity contribution in [3.05, 3.63) is 72.8 Å². The first-order valence-corrected chi connectivity index (χ1v) is 9.58. The second-order valence-electron chi connectivity index (χ2n) is 5.56. The van der Waals surface area contributed by atoms with Crippen molar-refractivity contribution in [2.75, 3.05) is 18.9 Å². The van der Waals surface area contributed by atoms with Gasteiger partial charge in [0.2, 0.25) is 0 Å². The van der Waals surface area contributed by atoms with Crippen molar-refractivity contribution in [2.24, 2.45) is 0 Å². The van der Waals surface area contributed by atoms with Gasteiger partial charge in [0.15, 0.2) is 11.5 Å². The summed E-state index contributed by atoms with van der Waals surface area (Å²) < 4.78 is 43.8. The maximum Gasteiger partial charge on any atom is 0.261 e. The molecule has 0 unspecified atom stereocenters. The van der Waals surface area contributed by atoms with Gasteiger partial charge in [-0.1, -0.05) is 18.2 Å². The lowest BCUT2D eigenvalue weighted by atomic mass is 10.2. The van der Waals surface area contributed by atoms with Crippen LogP contribution in [0.25, 0.3) is 0 Å². The van der Waals surface area contributed by atoms with Crippen molar-refractivity contribution in [2.45, 2.75) is 4.90 Å². The summed E-state index contributed by atoms with van der Waals surface area (Å²) in [5.41, 5.74) is 0.364. The van der Waals surface area contributed by atoms with Gasteiger partial charge < -0.3 is 14.2 Å². The summed E-state index contributed by atoms with van der Waals surface area (Å²) in [6.07, 6.45) is 0. The zero-order valence-corrected chi connectivity index (χ0v) is 15.7. The first-order valence-electron chi connectivity index (χ1n) is 8.09. The number of hydrogen-bond donors (Lipinski definition) is 1. The minimum absolute atomic E-state index is 0.179. The molecular formula is C20H19NO5S. The molecule has 0 atom stereocenters. The Bertz CT molecular complexity index is 1000. The second kappa shape index (κ2) is 8.01. The third kappa shape index (κ3) is 4.51. The molecule has 0 amide bonds. The maximum absolute atomic E-state index is 12.5. The standard InChI is InChI=1S/C20H19NO5S/c1-24-16-9-11-17(12-10-16)26-20-14-15(8-13-19(20)25-2)21-27(22,23)18-6-4-3-5-7-18/h3-14,21H,1-2H3. The van der Waals surface area contributed by atoms with Crippen LogP contribution in [0.5, 0.6) is 23.0 Å². The molecule has 27 heavy (non-hydrogen) atoms. The molecule has 0 aromatic heterocycles. The van der Waals surface area contributed by atoms with Crippen LogP contribution >= 0.6 is 0 Å². The molecule has 0 saturated heterocycles. The predicted molar refractivity (Wildman–Crippen MR) is 103 cm³/mol. The number of nitrogens with one attached hydrogen (secondary N) is 1. The van der Waals surface area contributed by atoms with E-state index in [1.165, 1.54) is 19.2 Å². The predicted octanol–water partition coefficient (Wildman–Crippen LogP) is 4.30. The monoisotopic (exact) mass is 385 g/mol. The highest BCUT2D eigenvalue weighted by molar-refractivity contribution is 7.92. The molecule has 0 heterocycles. The van der Waals surface area contributed by atoms with Gasteiger partial charge in [-0.3, -0.25) is 4.72 Å². The average molecular weight is 385 g/mol. The fraction of sp³-hybridized carbons (Fsp3) is 0.100. The number of benzene rings is 3. The van der Waals surface area contributed by atoms with Gasteiger partial charge in [0.25, 0.3) is 10.0 Å². The van der Waals surface area contributed by atoms with Crippen LogP contribution in [0, 0.1) is 0 Å². The van der Waals surface area contributed by atoms with Gasteiger partial charge in [-0.15, -0.1) is 0 Å². The first kappa shape index (κ1) is 18.6. The molecule has 1 N–H and O–H groups in total. The van der Waals surface area contributed by atoms with Crippen LogP contribution in [-0.4, -0.2) is 22.6 Å². The van der Waals surface area contributed by atoms with Crippen molar-refractivity contribution < 1.29 is 22.6 Å². The molecule has 3 aromatic rings. The van der Waals surface area contributed by atoms with E-state index in [0.29, 0.717) is 28.7 Å². The molecule has 3 rings (SSSR count). The third-order valence-corrected chi connectivity index (χ3v) is 5.15. The maximum atomic E-state index is 12.5. The van der Waals surface area contributed by atoms with Gasteiger partial charge in [0.1, 0.15) is 11.5 Å². The third-order valence-electron chi connectivity index (χ3n) is 3.76. The number of rotatable bonds is 7. The lowest BCUT2D eigenvalue weighted by Gasteiger charge is -2.14. The summed E-state index contributed by atoms with van der Waals surface area (Å²) in [6, 6.07) is 20.0. The molecule has 140 valence electrons. The first-order chi connectivity index (χ1) is 13.0. The quantitative estimate of drug-likeness (QED) is 0.656. The molecular weight excluding hydrogens is 366 g/mol. The van der Waals surface area contributed by atoms with E-state index in [1.54, 1.807) is 67.8 Å². The second-order valence-corrected chi connectivity index (χ2v) is 7.24. The molecule has 0 aliphatic heterocycles. The Morgan fingerprint density at radius 3 is 2.04 bits per heavy atom. The fourth-order valence-corrected chi connectivity index (χ4v) is 3.47. The Balaban J connectivity index is 1.86. The smallest absolute Gasteiger partial charge is 0.261 e. The molecule has 7 heteroatoms. The van der Waals surface area contributed by atoms with E-state index in [-0.39, 0.29) is 4.90 Å². The zero-order valence-electron chi connectivity index (χ0n) is 14.9. The van der Waals surface area contributed by atoms with Gasteiger partial charge >= 0.3 is 0 Å².